The van der Waals surface area contributed by atoms with E-state index in [2.05, 4.69) is 24.1 Å². The molecule has 1 aliphatic rings. The summed E-state index contributed by atoms with van der Waals surface area (Å²) in [5.41, 5.74) is 0.0739. The Kier molecular flexibility index (Phi) is 4.65. The standard InChI is InChI=1S/C17H21F3N2S/c1-10-8-12(4-3-7-21-10)11(2)16-22-14-6-5-13(17(18,19)20)9-15(14)23-16/h5-6,9-12,21H,3-4,7-8H2,1-2H3. The van der Waals surface area contributed by atoms with E-state index >= 15 is 0 Å². The maximum Gasteiger partial charge on any atom is 0.416 e. The minimum Gasteiger partial charge on any atom is -0.314 e. The van der Waals surface area contributed by atoms with Crippen molar-refractivity contribution in [3.8, 4) is 0 Å². The van der Waals surface area contributed by atoms with Crippen molar-refractivity contribution in [2.75, 3.05) is 6.54 Å². The van der Waals surface area contributed by atoms with Crippen LogP contribution in [0, 0.1) is 5.92 Å². The number of alkyl halides is 3. The van der Waals surface area contributed by atoms with Crippen LogP contribution < -0.4 is 5.32 Å². The number of hydrogen-bond acceptors (Lipinski definition) is 3. The van der Waals surface area contributed by atoms with Crippen LogP contribution in [0.15, 0.2) is 18.2 Å². The third-order valence-corrected chi connectivity index (χ3v) is 5.95. The largest absolute Gasteiger partial charge is 0.416 e. The molecule has 23 heavy (non-hydrogen) atoms. The summed E-state index contributed by atoms with van der Waals surface area (Å²) in [6.45, 7) is 5.39. The molecule has 1 fully saturated rings. The maximum atomic E-state index is 12.8. The highest BCUT2D eigenvalue weighted by atomic mass is 32.1. The van der Waals surface area contributed by atoms with Gasteiger partial charge in [-0.25, -0.2) is 4.98 Å². The van der Waals surface area contributed by atoms with Gasteiger partial charge < -0.3 is 5.32 Å². The molecule has 1 N–H and O–H groups in total. The van der Waals surface area contributed by atoms with E-state index in [-0.39, 0.29) is 5.92 Å². The minimum atomic E-state index is -4.30. The first kappa shape index (κ1) is 16.7. The number of hydrogen-bond donors (Lipinski definition) is 1. The van der Waals surface area contributed by atoms with Crippen molar-refractivity contribution in [2.24, 2.45) is 5.92 Å². The van der Waals surface area contributed by atoms with E-state index in [0.717, 1.165) is 36.9 Å². The fourth-order valence-corrected chi connectivity index (χ4v) is 4.49. The average molecular weight is 342 g/mol. The van der Waals surface area contributed by atoms with Gasteiger partial charge in [-0.3, -0.25) is 0 Å². The second kappa shape index (κ2) is 6.40. The van der Waals surface area contributed by atoms with Gasteiger partial charge in [-0.1, -0.05) is 6.92 Å². The summed E-state index contributed by atoms with van der Waals surface area (Å²) < 4.78 is 39.1. The van der Waals surface area contributed by atoms with Gasteiger partial charge in [0.05, 0.1) is 20.8 Å². The molecule has 2 nitrogen and oxygen atoms in total. The summed E-state index contributed by atoms with van der Waals surface area (Å²) in [5.74, 6) is 0.812. The van der Waals surface area contributed by atoms with E-state index < -0.39 is 11.7 Å². The molecule has 1 aromatic carbocycles. The molecule has 1 aliphatic heterocycles. The number of nitrogens with zero attached hydrogens (tertiary/aromatic N) is 1. The maximum absolute atomic E-state index is 12.8. The molecule has 0 radical (unpaired) electrons. The topological polar surface area (TPSA) is 24.9 Å². The third kappa shape index (κ3) is 3.69. The third-order valence-electron chi connectivity index (χ3n) is 4.73. The lowest BCUT2D eigenvalue weighted by Crippen LogP contribution is -2.26. The average Bonchev–Trinajstić information content (AvgIpc) is 2.79. The monoisotopic (exact) mass is 342 g/mol. The Hall–Kier alpha value is -1.14. The lowest BCUT2D eigenvalue weighted by atomic mass is 9.86. The van der Waals surface area contributed by atoms with E-state index in [1.54, 1.807) is 0 Å². The van der Waals surface area contributed by atoms with Crippen molar-refractivity contribution in [1.82, 2.24) is 10.3 Å². The molecule has 0 spiro atoms. The van der Waals surface area contributed by atoms with Crippen LogP contribution in [0.4, 0.5) is 13.2 Å². The van der Waals surface area contributed by atoms with Crippen molar-refractivity contribution >= 4 is 21.6 Å². The van der Waals surface area contributed by atoms with Crippen molar-refractivity contribution in [2.45, 2.75) is 51.2 Å². The van der Waals surface area contributed by atoms with Gasteiger partial charge in [0.2, 0.25) is 0 Å². The van der Waals surface area contributed by atoms with E-state index in [0.29, 0.717) is 22.2 Å². The second-order valence-corrected chi connectivity index (χ2v) is 7.58. The molecule has 2 heterocycles. The summed E-state index contributed by atoms with van der Waals surface area (Å²) in [6.07, 6.45) is -0.929. The zero-order chi connectivity index (χ0) is 16.6. The van der Waals surface area contributed by atoms with Crippen LogP contribution in [0.25, 0.3) is 10.2 Å². The quantitative estimate of drug-likeness (QED) is 0.812. The summed E-state index contributed by atoms with van der Waals surface area (Å²) in [7, 11) is 0. The minimum absolute atomic E-state index is 0.282. The fourth-order valence-electron chi connectivity index (χ4n) is 3.34. The Bertz CT molecular complexity index is 680. The van der Waals surface area contributed by atoms with E-state index in [9.17, 15) is 13.2 Å². The van der Waals surface area contributed by atoms with Crippen LogP contribution in [0.2, 0.25) is 0 Å². The van der Waals surface area contributed by atoms with Crippen molar-refractivity contribution in [3.05, 3.63) is 28.8 Å². The first-order valence-corrected chi connectivity index (χ1v) is 8.87. The lowest BCUT2D eigenvalue weighted by molar-refractivity contribution is -0.137. The Morgan fingerprint density at radius 2 is 2.13 bits per heavy atom. The highest BCUT2D eigenvalue weighted by Crippen LogP contribution is 2.38. The summed E-state index contributed by atoms with van der Waals surface area (Å²) >= 11 is 1.41. The Balaban J connectivity index is 1.87. The predicted molar refractivity (Wildman–Crippen MR) is 87.8 cm³/mol. The van der Waals surface area contributed by atoms with Crippen LogP contribution in [0.3, 0.4) is 0 Å². The molecule has 0 amide bonds. The van der Waals surface area contributed by atoms with Gasteiger partial charge >= 0.3 is 6.18 Å². The molecule has 0 aliphatic carbocycles. The zero-order valence-electron chi connectivity index (χ0n) is 13.3. The molecule has 1 saturated heterocycles. The van der Waals surface area contributed by atoms with Crippen molar-refractivity contribution < 1.29 is 13.2 Å². The van der Waals surface area contributed by atoms with E-state index in [1.807, 2.05) is 0 Å². The van der Waals surface area contributed by atoms with Gasteiger partial charge in [-0.15, -0.1) is 11.3 Å². The number of benzene rings is 1. The second-order valence-electron chi connectivity index (χ2n) is 6.51. The normalized spacial score (nSPS) is 24.6. The van der Waals surface area contributed by atoms with E-state index in [4.69, 9.17) is 0 Å². The number of rotatable bonds is 2. The van der Waals surface area contributed by atoms with Crippen LogP contribution in [0.5, 0.6) is 0 Å². The molecule has 3 unspecified atom stereocenters. The molecular weight excluding hydrogens is 321 g/mol. The molecule has 0 saturated carbocycles. The molecule has 126 valence electrons. The van der Waals surface area contributed by atoms with E-state index in [1.165, 1.54) is 23.5 Å². The number of thiazole rings is 1. The number of aromatic nitrogens is 1. The smallest absolute Gasteiger partial charge is 0.314 e. The van der Waals surface area contributed by atoms with Crippen LogP contribution in [-0.4, -0.2) is 17.6 Å². The van der Waals surface area contributed by atoms with Gasteiger partial charge in [0, 0.05) is 12.0 Å². The summed E-state index contributed by atoms with van der Waals surface area (Å²) in [5, 5.41) is 4.45. The van der Waals surface area contributed by atoms with Crippen molar-refractivity contribution in [3.63, 3.8) is 0 Å². The predicted octanol–water partition coefficient (Wildman–Crippen LogP) is 5.20. The summed E-state index contributed by atoms with van der Waals surface area (Å²) in [6, 6.07) is 4.31. The van der Waals surface area contributed by atoms with Crippen LogP contribution in [0.1, 0.15) is 49.6 Å². The first-order valence-electron chi connectivity index (χ1n) is 8.05. The van der Waals surface area contributed by atoms with Gasteiger partial charge in [-0.05, 0) is 56.8 Å². The van der Waals surface area contributed by atoms with Gasteiger partial charge in [0.1, 0.15) is 0 Å². The molecule has 3 atom stereocenters. The van der Waals surface area contributed by atoms with Crippen molar-refractivity contribution in [1.29, 1.82) is 0 Å². The molecule has 0 bridgehead atoms. The highest BCUT2D eigenvalue weighted by molar-refractivity contribution is 7.18. The fraction of sp³-hybridized carbons (Fsp3) is 0.588. The summed E-state index contributed by atoms with van der Waals surface area (Å²) in [4.78, 5) is 4.60. The lowest BCUT2D eigenvalue weighted by Gasteiger charge is -2.22. The molecule has 1 aromatic heterocycles. The van der Waals surface area contributed by atoms with Crippen LogP contribution >= 0.6 is 11.3 Å². The van der Waals surface area contributed by atoms with Gasteiger partial charge in [0.25, 0.3) is 0 Å². The Morgan fingerprint density at radius 1 is 1.35 bits per heavy atom. The Labute approximate surface area is 138 Å². The Morgan fingerprint density at radius 3 is 2.87 bits per heavy atom. The number of nitrogens with one attached hydrogen (secondary N) is 1. The van der Waals surface area contributed by atoms with Gasteiger partial charge in [0.15, 0.2) is 0 Å². The SMILES string of the molecule is CC1CC(C(C)c2nc3ccc(C(F)(F)F)cc3s2)CCCN1. The number of fused-ring (bicyclic) bond motifs is 1. The molecule has 3 rings (SSSR count). The molecule has 6 heteroatoms. The number of halogens is 3. The zero-order valence-corrected chi connectivity index (χ0v) is 14.1. The highest BCUT2D eigenvalue weighted by Gasteiger charge is 2.31. The van der Waals surface area contributed by atoms with Gasteiger partial charge in [-0.2, -0.15) is 13.2 Å². The van der Waals surface area contributed by atoms with Crippen LogP contribution in [-0.2, 0) is 6.18 Å². The first-order chi connectivity index (χ1) is 10.8. The molecular formula is C17H21F3N2S. The molecule has 2 aromatic rings.